The van der Waals surface area contributed by atoms with Crippen molar-refractivity contribution in [2.75, 3.05) is 32.7 Å². The second-order valence-corrected chi connectivity index (χ2v) is 6.08. The number of benzene rings is 1. The van der Waals surface area contributed by atoms with Gasteiger partial charge in [-0.25, -0.2) is 0 Å². The molecule has 1 aromatic rings. The molecule has 0 spiro atoms. The predicted octanol–water partition coefficient (Wildman–Crippen LogP) is 2.17. The first kappa shape index (κ1) is 17.9. The average molecular weight is 310 g/mol. The smallest absolute Gasteiger partial charge is 0.239 e. The number of ether oxygens (including phenoxy) is 1. The molecule has 1 atom stereocenters. The molecule has 0 bridgehead atoms. The fourth-order valence-corrected chi connectivity index (χ4v) is 2.56. The van der Waals surface area contributed by atoms with E-state index in [4.69, 9.17) is 10.5 Å². The quantitative estimate of drug-likeness (QED) is 0.759. The van der Waals surface area contributed by atoms with Crippen molar-refractivity contribution in [1.29, 1.82) is 0 Å². The van der Waals surface area contributed by atoms with Crippen LogP contribution in [-0.2, 0) is 11.2 Å². The highest BCUT2D eigenvalue weighted by Gasteiger charge is 2.16. The highest BCUT2D eigenvalue weighted by molar-refractivity contribution is 7.98. The van der Waals surface area contributed by atoms with Crippen LogP contribution in [0.1, 0.15) is 18.4 Å². The molecule has 0 heterocycles. The lowest BCUT2D eigenvalue weighted by Crippen LogP contribution is -2.42. The van der Waals surface area contributed by atoms with Crippen LogP contribution < -0.4 is 10.5 Å². The SMILES string of the molecule is COc1ccc(CCCN(C)C(=O)[C@@H](N)CCSC)cc1. The molecule has 0 saturated heterocycles. The Balaban J connectivity index is 2.31. The van der Waals surface area contributed by atoms with Crippen LogP contribution in [0.25, 0.3) is 0 Å². The van der Waals surface area contributed by atoms with Gasteiger partial charge in [-0.3, -0.25) is 4.79 Å². The van der Waals surface area contributed by atoms with Crippen molar-refractivity contribution in [2.24, 2.45) is 5.73 Å². The first-order valence-corrected chi connectivity index (χ1v) is 8.60. The number of hydrogen-bond acceptors (Lipinski definition) is 4. The van der Waals surface area contributed by atoms with E-state index < -0.39 is 0 Å². The van der Waals surface area contributed by atoms with Crippen LogP contribution in [0.5, 0.6) is 5.75 Å². The summed E-state index contributed by atoms with van der Waals surface area (Å²) in [5.74, 6) is 1.83. The number of nitrogens with zero attached hydrogens (tertiary/aromatic N) is 1. The Bertz CT molecular complexity index is 423. The van der Waals surface area contributed by atoms with Crippen molar-refractivity contribution in [1.82, 2.24) is 4.90 Å². The van der Waals surface area contributed by atoms with Gasteiger partial charge < -0.3 is 15.4 Å². The molecule has 0 aliphatic rings. The minimum atomic E-state index is -0.372. The van der Waals surface area contributed by atoms with Crippen molar-refractivity contribution in [2.45, 2.75) is 25.3 Å². The highest BCUT2D eigenvalue weighted by atomic mass is 32.2. The van der Waals surface area contributed by atoms with Crippen molar-refractivity contribution in [3.63, 3.8) is 0 Å². The van der Waals surface area contributed by atoms with Gasteiger partial charge in [0.15, 0.2) is 0 Å². The molecule has 0 fully saturated rings. The summed E-state index contributed by atoms with van der Waals surface area (Å²) < 4.78 is 5.13. The Kier molecular flexibility index (Phi) is 8.23. The fourth-order valence-electron chi connectivity index (χ4n) is 2.07. The van der Waals surface area contributed by atoms with Crippen LogP contribution in [-0.4, -0.2) is 49.6 Å². The van der Waals surface area contributed by atoms with Gasteiger partial charge in [0, 0.05) is 13.6 Å². The Hall–Kier alpha value is -1.20. The minimum Gasteiger partial charge on any atom is -0.497 e. The summed E-state index contributed by atoms with van der Waals surface area (Å²) >= 11 is 1.72. The Morgan fingerprint density at radius 1 is 1.38 bits per heavy atom. The van der Waals surface area contributed by atoms with E-state index in [0.29, 0.717) is 0 Å². The van der Waals surface area contributed by atoms with E-state index >= 15 is 0 Å². The molecule has 0 aromatic heterocycles. The molecule has 0 radical (unpaired) electrons. The molecule has 1 aromatic carbocycles. The summed E-state index contributed by atoms with van der Waals surface area (Å²) in [6.45, 7) is 0.734. The van der Waals surface area contributed by atoms with Crippen LogP contribution in [0.3, 0.4) is 0 Å². The van der Waals surface area contributed by atoms with Gasteiger partial charge >= 0.3 is 0 Å². The fraction of sp³-hybridized carbons (Fsp3) is 0.562. The lowest BCUT2D eigenvalue weighted by Gasteiger charge is -2.21. The van der Waals surface area contributed by atoms with Gasteiger partial charge in [-0.15, -0.1) is 0 Å². The normalized spacial score (nSPS) is 12.0. The zero-order valence-corrected chi connectivity index (χ0v) is 14.0. The summed E-state index contributed by atoms with van der Waals surface area (Å²) in [7, 11) is 3.49. The molecule has 0 aliphatic heterocycles. The van der Waals surface area contributed by atoms with E-state index in [1.165, 1.54) is 5.56 Å². The van der Waals surface area contributed by atoms with E-state index in [1.54, 1.807) is 23.8 Å². The van der Waals surface area contributed by atoms with Gasteiger partial charge in [-0.05, 0) is 49.0 Å². The lowest BCUT2D eigenvalue weighted by atomic mass is 10.1. The zero-order chi connectivity index (χ0) is 15.7. The standard InChI is InChI=1S/C16H26N2O2S/c1-18(16(19)15(17)10-12-21-3)11-4-5-13-6-8-14(20-2)9-7-13/h6-9,15H,4-5,10-12,17H2,1-3H3/t15-/m0/s1. The van der Waals surface area contributed by atoms with Gasteiger partial charge in [0.1, 0.15) is 5.75 Å². The largest absolute Gasteiger partial charge is 0.497 e. The highest BCUT2D eigenvalue weighted by Crippen LogP contribution is 2.12. The molecule has 5 heteroatoms. The lowest BCUT2D eigenvalue weighted by molar-refractivity contribution is -0.131. The molecule has 0 saturated carbocycles. The van der Waals surface area contributed by atoms with Gasteiger partial charge in [0.2, 0.25) is 5.91 Å². The second-order valence-electron chi connectivity index (χ2n) is 5.10. The Morgan fingerprint density at radius 2 is 2.05 bits per heavy atom. The summed E-state index contributed by atoms with van der Waals surface area (Å²) in [4.78, 5) is 13.8. The van der Waals surface area contributed by atoms with E-state index in [-0.39, 0.29) is 11.9 Å². The van der Waals surface area contributed by atoms with E-state index in [2.05, 4.69) is 12.1 Å². The molecule has 1 rings (SSSR count). The Morgan fingerprint density at radius 3 is 2.62 bits per heavy atom. The first-order chi connectivity index (χ1) is 10.1. The van der Waals surface area contributed by atoms with Crippen LogP contribution in [0.2, 0.25) is 0 Å². The minimum absolute atomic E-state index is 0.0405. The van der Waals surface area contributed by atoms with E-state index in [0.717, 1.165) is 37.3 Å². The third-order valence-electron chi connectivity index (χ3n) is 3.44. The van der Waals surface area contributed by atoms with Crippen molar-refractivity contribution >= 4 is 17.7 Å². The number of aryl methyl sites for hydroxylation is 1. The predicted molar refractivity (Wildman–Crippen MR) is 89.9 cm³/mol. The number of carbonyl (C=O) groups excluding carboxylic acids is 1. The maximum Gasteiger partial charge on any atom is 0.239 e. The van der Waals surface area contributed by atoms with E-state index in [1.807, 2.05) is 25.4 Å². The first-order valence-electron chi connectivity index (χ1n) is 7.21. The maximum atomic E-state index is 12.0. The van der Waals surface area contributed by atoms with Crippen LogP contribution in [0.15, 0.2) is 24.3 Å². The Labute approximate surface area is 132 Å². The van der Waals surface area contributed by atoms with Gasteiger partial charge in [-0.2, -0.15) is 11.8 Å². The third-order valence-corrected chi connectivity index (χ3v) is 4.09. The topological polar surface area (TPSA) is 55.6 Å². The van der Waals surface area contributed by atoms with Crippen molar-refractivity contribution < 1.29 is 9.53 Å². The monoisotopic (exact) mass is 310 g/mol. The molecular formula is C16H26N2O2S. The maximum absolute atomic E-state index is 12.0. The average Bonchev–Trinajstić information content (AvgIpc) is 2.52. The van der Waals surface area contributed by atoms with E-state index in [9.17, 15) is 4.79 Å². The molecule has 0 unspecified atom stereocenters. The van der Waals surface area contributed by atoms with Gasteiger partial charge in [0.25, 0.3) is 0 Å². The second kappa shape index (κ2) is 9.68. The number of amides is 1. The number of carbonyl (C=O) groups is 1. The van der Waals surface area contributed by atoms with Gasteiger partial charge in [0.05, 0.1) is 13.2 Å². The zero-order valence-electron chi connectivity index (χ0n) is 13.2. The molecule has 21 heavy (non-hydrogen) atoms. The summed E-state index contributed by atoms with van der Waals surface area (Å²) in [6.07, 6.45) is 4.64. The van der Waals surface area contributed by atoms with Crippen molar-refractivity contribution in [3.05, 3.63) is 29.8 Å². The number of methoxy groups -OCH3 is 1. The van der Waals surface area contributed by atoms with Crippen LogP contribution in [0, 0.1) is 0 Å². The summed E-state index contributed by atoms with van der Waals surface area (Å²) in [6, 6.07) is 7.67. The summed E-state index contributed by atoms with van der Waals surface area (Å²) in [5, 5.41) is 0. The number of nitrogens with two attached hydrogens (primary N) is 1. The van der Waals surface area contributed by atoms with Gasteiger partial charge in [-0.1, -0.05) is 12.1 Å². The molecule has 2 N–H and O–H groups in total. The molecule has 118 valence electrons. The number of likely N-dealkylation sites (N-methyl/N-ethyl adjacent to an activating group) is 1. The summed E-state index contributed by atoms with van der Waals surface area (Å²) in [5.41, 5.74) is 7.15. The molecule has 0 aliphatic carbocycles. The molecule has 1 amide bonds. The number of hydrogen-bond donors (Lipinski definition) is 1. The van der Waals surface area contributed by atoms with Crippen LogP contribution in [0.4, 0.5) is 0 Å². The third kappa shape index (κ3) is 6.40. The number of rotatable bonds is 9. The van der Waals surface area contributed by atoms with Crippen molar-refractivity contribution in [3.8, 4) is 5.75 Å². The van der Waals surface area contributed by atoms with Crippen LogP contribution >= 0.6 is 11.8 Å². The molecular weight excluding hydrogens is 284 g/mol. The number of thioether (sulfide) groups is 1. The molecule has 4 nitrogen and oxygen atoms in total.